The van der Waals surface area contributed by atoms with Crippen LogP contribution in [0.1, 0.15) is 11.1 Å². The van der Waals surface area contributed by atoms with Crippen molar-refractivity contribution in [2.24, 2.45) is 16.0 Å². The van der Waals surface area contributed by atoms with Gasteiger partial charge in [0.05, 0.1) is 16.3 Å². The summed E-state index contributed by atoms with van der Waals surface area (Å²) in [6.45, 7) is 1.38. The average molecular weight is 431 g/mol. The molecule has 148 valence electrons. The number of carbonyl (C=O) groups excluding carboxylic acids is 3. The minimum Gasteiger partial charge on any atom is -0.507 e. The molecule has 0 aromatic heterocycles. The van der Waals surface area contributed by atoms with Crippen LogP contribution in [0.25, 0.3) is 6.08 Å². The van der Waals surface area contributed by atoms with Crippen LogP contribution in [0.4, 0.5) is 16.2 Å². The Morgan fingerprint density at radius 3 is 2.52 bits per heavy atom. The third-order valence-corrected chi connectivity index (χ3v) is 5.24. The minimum atomic E-state index is -0.796. The molecule has 2 aromatic carbocycles. The average Bonchev–Trinajstić information content (AvgIpc) is 2.92. The second kappa shape index (κ2) is 8.46. The van der Waals surface area contributed by atoms with Crippen molar-refractivity contribution in [2.45, 2.75) is 6.92 Å². The maximum Gasteiger partial charge on any atom is 0.294 e. The topological polar surface area (TPSA) is 125 Å². The minimum absolute atomic E-state index is 0.0611. The molecule has 0 spiro atoms. The number of aromatic hydroxyl groups is 1. The molecule has 0 radical (unpaired) electrons. The number of carbonyl (C=O) groups is 3. The van der Waals surface area contributed by atoms with Crippen LogP contribution in [0.2, 0.25) is 5.02 Å². The number of nitrogens with zero attached hydrogens (tertiary/aromatic N) is 3. The number of hydrogen-bond acceptors (Lipinski definition) is 7. The van der Waals surface area contributed by atoms with Crippen LogP contribution in [0.3, 0.4) is 0 Å². The maximum absolute atomic E-state index is 12.3. The molecule has 3 rings (SSSR count). The highest BCUT2D eigenvalue weighted by molar-refractivity contribution is 8.18. The molecule has 3 amide bonds. The van der Waals surface area contributed by atoms with Gasteiger partial charge in [-0.1, -0.05) is 17.7 Å². The second-order valence-corrected chi connectivity index (χ2v) is 7.51. The van der Waals surface area contributed by atoms with E-state index in [1.165, 1.54) is 18.2 Å². The van der Waals surface area contributed by atoms with Gasteiger partial charge < -0.3 is 10.8 Å². The molecule has 3 N–H and O–H groups in total. The molecule has 10 heteroatoms. The van der Waals surface area contributed by atoms with Crippen LogP contribution >= 0.6 is 23.4 Å². The summed E-state index contributed by atoms with van der Waals surface area (Å²) < 4.78 is 0. The fraction of sp³-hybridized carbons (Fsp3) is 0.105. The van der Waals surface area contributed by atoms with Gasteiger partial charge in [-0.2, -0.15) is 10.2 Å². The lowest BCUT2D eigenvalue weighted by Crippen LogP contribution is -2.36. The number of amides is 3. The monoisotopic (exact) mass is 430 g/mol. The normalized spacial score (nSPS) is 15.7. The molecule has 8 nitrogen and oxygen atoms in total. The zero-order valence-corrected chi connectivity index (χ0v) is 16.7. The smallest absolute Gasteiger partial charge is 0.294 e. The molecule has 0 unspecified atom stereocenters. The largest absolute Gasteiger partial charge is 0.507 e. The Labute approximate surface area is 175 Å². The number of phenols is 1. The van der Waals surface area contributed by atoms with Gasteiger partial charge in [-0.25, -0.2) is 0 Å². The Kier molecular flexibility index (Phi) is 6.00. The molecule has 1 heterocycles. The number of benzene rings is 2. The molecule has 0 atom stereocenters. The first-order chi connectivity index (χ1) is 13.7. The van der Waals surface area contributed by atoms with Crippen molar-refractivity contribution in [1.82, 2.24) is 4.90 Å². The van der Waals surface area contributed by atoms with E-state index < -0.39 is 23.6 Å². The van der Waals surface area contributed by atoms with E-state index in [1.54, 1.807) is 18.2 Å². The molecular formula is C19H15ClN4O4S. The predicted molar refractivity (Wildman–Crippen MR) is 110 cm³/mol. The number of nitrogens with two attached hydrogens (primary N) is 1. The lowest BCUT2D eigenvalue weighted by Gasteiger charge is -2.08. The first-order valence-electron chi connectivity index (χ1n) is 8.29. The van der Waals surface area contributed by atoms with Crippen molar-refractivity contribution in [3.63, 3.8) is 0 Å². The lowest BCUT2D eigenvalue weighted by atomic mass is 10.1. The Hall–Kier alpha value is -3.17. The van der Waals surface area contributed by atoms with E-state index in [0.29, 0.717) is 28.2 Å². The molecule has 29 heavy (non-hydrogen) atoms. The van der Waals surface area contributed by atoms with E-state index in [4.69, 9.17) is 17.3 Å². The predicted octanol–water partition coefficient (Wildman–Crippen LogP) is 4.29. The number of primary amides is 1. The SMILES string of the molecule is Cc1ccc(N=Nc2ccc(O)c(/C=C3\SC(=O)N(CC(N)=O)C3=O)c2)cc1Cl. The van der Waals surface area contributed by atoms with Gasteiger partial charge >= 0.3 is 0 Å². The van der Waals surface area contributed by atoms with Crippen LogP contribution < -0.4 is 5.73 Å². The highest BCUT2D eigenvalue weighted by atomic mass is 35.5. The third kappa shape index (κ3) is 4.82. The molecule has 0 bridgehead atoms. The Bertz CT molecular complexity index is 1080. The van der Waals surface area contributed by atoms with Crippen LogP contribution in [-0.2, 0) is 9.59 Å². The zero-order valence-electron chi connectivity index (χ0n) is 15.1. The molecule has 1 fully saturated rings. The molecule has 2 aromatic rings. The van der Waals surface area contributed by atoms with Crippen LogP contribution in [0.15, 0.2) is 51.5 Å². The number of rotatable bonds is 5. The van der Waals surface area contributed by atoms with Crippen LogP contribution in [0, 0.1) is 6.92 Å². The Morgan fingerprint density at radius 1 is 1.21 bits per heavy atom. The van der Waals surface area contributed by atoms with E-state index >= 15 is 0 Å². The molecular weight excluding hydrogens is 416 g/mol. The highest BCUT2D eigenvalue weighted by Gasteiger charge is 2.35. The van der Waals surface area contributed by atoms with E-state index in [2.05, 4.69) is 10.2 Å². The summed E-state index contributed by atoms with van der Waals surface area (Å²) in [6.07, 6.45) is 1.35. The number of aryl methyl sites for hydroxylation is 1. The van der Waals surface area contributed by atoms with E-state index in [0.717, 1.165) is 10.5 Å². The summed E-state index contributed by atoms with van der Waals surface area (Å²) in [5.74, 6) is -1.56. The number of halogens is 1. The summed E-state index contributed by atoms with van der Waals surface area (Å²) in [5.41, 5.74) is 7.22. The molecule has 1 aliphatic rings. The zero-order chi connectivity index (χ0) is 21.1. The number of phenolic OH excluding ortho intramolecular Hbond substituents is 1. The number of azo groups is 1. The van der Waals surface area contributed by atoms with Crippen molar-refractivity contribution in [1.29, 1.82) is 0 Å². The molecule has 1 aliphatic heterocycles. The van der Waals surface area contributed by atoms with E-state index in [-0.39, 0.29) is 16.2 Å². The first kappa shape index (κ1) is 20.6. The van der Waals surface area contributed by atoms with Gasteiger partial charge in [0.1, 0.15) is 12.3 Å². The van der Waals surface area contributed by atoms with Crippen molar-refractivity contribution in [3.8, 4) is 5.75 Å². The van der Waals surface area contributed by atoms with Gasteiger partial charge in [0.25, 0.3) is 11.1 Å². The number of hydrogen-bond donors (Lipinski definition) is 2. The Morgan fingerprint density at radius 2 is 1.86 bits per heavy atom. The maximum atomic E-state index is 12.3. The first-order valence-corrected chi connectivity index (χ1v) is 9.48. The fourth-order valence-corrected chi connectivity index (χ4v) is 3.42. The second-order valence-electron chi connectivity index (χ2n) is 6.11. The summed E-state index contributed by atoms with van der Waals surface area (Å²) in [5, 5.41) is 18.3. The van der Waals surface area contributed by atoms with Crippen molar-refractivity contribution in [2.75, 3.05) is 6.54 Å². The van der Waals surface area contributed by atoms with E-state index in [9.17, 15) is 19.5 Å². The Balaban J connectivity index is 1.86. The van der Waals surface area contributed by atoms with Gasteiger partial charge in [-0.3, -0.25) is 19.3 Å². The van der Waals surface area contributed by atoms with Gasteiger partial charge in [-0.15, -0.1) is 0 Å². The van der Waals surface area contributed by atoms with Crippen molar-refractivity contribution < 1.29 is 19.5 Å². The van der Waals surface area contributed by atoms with Crippen LogP contribution in [0.5, 0.6) is 5.75 Å². The number of thioether (sulfide) groups is 1. The van der Waals surface area contributed by atoms with Gasteiger partial charge in [0.2, 0.25) is 5.91 Å². The quantitative estimate of drug-likeness (QED) is 0.540. The summed E-state index contributed by atoms with van der Waals surface area (Å²) in [6, 6.07) is 9.72. The van der Waals surface area contributed by atoms with Crippen molar-refractivity contribution >= 4 is 57.9 Å². The molecule has 0 saturated carbocycles. The summed E-state index contributed by atoms with van der Waals surface area (Å²) >= 11 is 6.73. The van der Waals surface area contributed by atoms with Crippen molar-refractivity contribution in [3.05, 3.63) is 57.5 Å². The third-order valence-electron chi connectivity index (χ3n) is 3.92. The number of imide groups is 1. The summed E-state index contributed by atoms with van der Waals surface area (Å²) in [7, 11) is 0. The lowest BCUT2D eigenvalue weighted by molar-refractivity contribution is -0.127. The standard InChI is InChI=1S/C19H15ClN4O4S/c1-10-2-3-13(8-14(10)20)23-22-12-4-5-15(25)11(6-12)7-16-18(27)24(9-17(21)26)19(28)29-16/h2-8,25H,9H2,1H3,(H2,21,26)/b16-7-,23-22?. The van der Waals surface area contributed by atoms with Gasteiger partial charge in [0.15, 0.2) is 0 Å². The molecule has 1 saturated heterocycles. The van der Waals surface area contributed by atoms with Crippen LogP contribution in [-0.4, -0.2) is 33.6 Å². The summed E-state index contributed by atoms with van der Waals surface area (Å²) in [4.78, 5) is 36.0. The highest BCUT2D eigenvalue weighted by Crippen LogP contribution is 2.35. The van der Waals surface area contributed by atoms with Gasteiger partial charge in [-0.05, 0) is 60.7 Å². The molecule has 0 aliphatic carbocycles. The van der Waals surface area contributed by atoms with E-state index in [1.807, 2.05) is 13.0 Å². The fourth-order valence-electron chi connectivity index (χ4n) is 2.41. The van der Waals surface area contributed by atoms with Gasteiger partial charge in [0, 0.05) is 10.6 Å².